The fourth-order valence-electron chi connectivity index (χ4n) is 10.0. The van der Waals surface area contributed by atoms with Crippen molar-refractivity contribution in [2.45, 2.75) is 133 Å². The van der Waals surface area contributed by atoms with Gasteiger partial charge in [-0.3, -0.25) is 24.0 Å². The summed E-state index contributed by atoms with van der Waals surface area (Å²) in [6, 6.07) is 4.06. The summed E-state index contributed by atoms with van der Waals surface area (Å²) < 4.78 is 63.4. The molecule has 3 atom stereocenters. The minimum absolute atomic E-state index is 0.00482. The summed E-state index contributed by atoms with van der Waals surface area (Å²) >= 11 is 3.71. The van der Waals surface area contributed by atoms with Gasteiger partial charge in [-0.25, -0.2) is 17.8 Å². The Morgan fingerprint density at radius 3 is 2.37 bits per heavy atom. The number of aromatic nitrogens is 1. The number of allylic oxidation sites excluding steroid dienone is 6. The molecule has 2 aromatic rings. The average Bonchev–Trinajstić information content (AvgIpc) is 4.17. The highest BCUT2D eigenvalue weighted by Crippen LogP contribution is 2.52. The molecule has 0 bridgehead atoms. The Bertz CT molecular complexity index is 2750. The minimum atomic E-state index is -4.78. The first-order valence-electron chi connectivity index (χ1n) is 26.6. The number of anilines is 1. The molecule has 78 heavy (non-hydrogen) atoms. The third-order valence-corrected chi connectivity index (χ3v) is 15.7. The van der Waals surface area contributed by atoms with Crippen LogP contribution in [0.5, 0.6) is 0 Å². The van der Waals surface area contributed by atoms with Crippen molar-refractivity contribution in [3.8, 4) is 0 Å². The van der Waals surface area contributed by atoms with E-state index < -0.39 is 44.8 Å². The fraction of sp³-hybridized carbons (Fsp3) is 0.564. The maximum Gasteiger partial charge on any atom is 0.333 e. The number of hydroxylamine groups is 2. The molecule has 1 fully saturated rings. The van der Waals surface area contributed by atoms with Gasteiger partial charge in [-0.05, 0) is 128 Å². The number of methoxy groups -OCH3 is 2. The van der Waals surface area contributed by atoms with Gasteiger partial charge >= 0.3 is 11.8 Å². The van der Waals surface area contributed by atoms with Crippen LogP contribution in [-0.4, -0.2) is 139 Å². The molecule has 0 saturated carbocycles. The monoisotopic (exact) mass is 1170 g/mol. The second-order valence-electron chi connectivity index (χ2n) is 20.1. The van der Waals surface area contributed by atoms with Crippen LogP contribution in [0.15, 0.2) is 74.8 Å². The summed E-state index contributed by atoms with van der Waals surface area (Å²) in [5, 5.41) is 9.19. The molecule has 21 nitrogen and oxygen atoms in total. The second kappa shape index (κ2) is 29.0. The fourth-order valence-corrected chi connectivity index (χ4v) is 11.1. The Morgan fingerprint density at radius 1 is 0.910 bits per heavy atom. The zero-order valence-electron chi connectivity index (χ0n) is 45.3. The first kappa shape index (κ1) is 61.5. The number of nitrogens with zero attached hydrogens (tertiary/aromatic N) is 4. The molecule has 5 amide bonds. The Labute approximate surface area is 465 Å². The molecule has 23 heteroatoms. The number of fused-ring (bicyclic) bond motifs is 6. The first-order chi connectivity index (χ1) is 37.3. The van der Waals surface area contributed by atoms with Crippen molar-refractivity contribution < 1.29 is 70.1 Å². The van der Waals surface area contributed by atoms with Crippen LogP contribution in [0.25, 0.3) is 0 Å². The predicted molar refractivity (Wildman–Crippen MR) is 290 cm³/mol. The van der Waals surface area contributed by atoms with E-state index in [1.165, 1.54) is 12.1 Å². The lowest BCUT2D eigenvalue weighted by molar-refractivity contribution is -0.686. The molecule has 0 spiro atoms. The number of carbonyl (C=O) groups is 6. The first-order valence-corrected chi connectivity index (χ1v) is 28.8. The van der Waals surface area contributed by atoms with Crippen LogP contribution in [0, 0.1) is 6.92 Å². The summed E-state index contributed by atoms with van der Waals surface area (Å²) in [5.41, 5.74) is 3.26. The van der Waals surface area contributed by atoms with Gasteiger partial charge in [0, 0.05) is 96.0 Å². The van der Waals surface area contributed by atoms with E-state index in [0.717, 1.165) is 33.0 Å². The van der Waals surface area contributed by atoms with Gasteiger partial charge in [0.05, 0.1) is 46.8 Å². The molecule has 3 unspecified atom stereocenters. The van der Waals surface area contributed by atoms with Gasteiger partial charge in [0.15, 0.2) is 5.71 Å². The zero-order valence-corrected chi connectivity index (χ0v) is 47.7. The largest absolute Gasteiger partial charge is 0.744 e. The van der Waals surface area contributed by atoms with Gasteiger partial charge in [-0.2, -0.15) is 0 Å². The maximum atomic E-state index is 13.5. The Morgan fingerprint density at radius 2 is 1.64 bits per heavy atom. The SMILES string of the molecule is COCC[n+]1cc(Br)cc2c1N=C1/C=C/C=C/C=C3/N(CCOCCC(=O)NCCCCC(C(=O)NCCCCCC(=O)ON4C(=O)CCC4=O)NC(=O)CCOCCC12C)c1c(C)cc(S(=O)(=O)[O-])cc1C3(C)CCOC. The third-order valence-electron chi connectivity index (χ3n) is 14.4. The Balaban J connectivity index is 1.19. The number of hydrogen-bond acceptors (Lipinski definition) is 16. The summed E-state index contributed by atoms with van der Waals surface area (Å²) in [6.07, 6.45) is 15.5. The molecule has 4 aliphatic rings. The lowest BCUT2D eigenvalue weighted by Gasteiger charge is -2.30. The Kier molecular flexibility index (Phi) is 22.9. The standard InChI is InChI=1S/C55H74BrN7O14S/c1-38-34-40(78(70,71)72)36-41-51(38)62-27-33-76-28-20-46(64)57-24-13-11-14-43(53(69)58-25-12-7-10-17-50(68)77-63-48(66)18-19-49(63)67)59-47(65)21-29-75-31-23-54(2)42-35-39(56)37-61(26-32-74-5)52(42)60-44(54)15-8-6-9-16-45(62)55(41,3)22-30-73-4/h6,8-9,15-16,34-37,43H,7,10-14,17-33H2,1-5H3,(H3-,57,58,59,64,65,69,70,71,72). The van der Waals surface area contributed by atoms with Crippen molar-refractivity contribution in [1.29, 1.82) is 0 Å². The van der Waals surface area contributed by atoms with Gasteiger partial charge in [0.1, 0.15) is 28.9 Å². The van der Waals surface area contributed by atoms with Crippen LogP contribution in [0.2, 0.25) is 0 Å². The molecule has 0 aliphatic carbocycles. The van der Waals surface area contributed by atoms with E-state index in [0.29, 0.717) is 100 Å². The van der Waals surface area contributed by atoms with E-state index in [-0.39, 0.29) is 87.7 Å². The second-order valence-corrected chi connectivity index (χ2v) is 22.4. The van der Waals surface area contributed by atoms with E-state index in [4.69, 9.17) is 28.8 Å². The molecule has 3 N–H and O–H groups in total. The van der Waals surface area contributed by atoms with Gasteiger partial charge in [-0.15, -0.1) is 5.06 Å². The van der Waals surface area contributed by atoms with Crippen molar-refractivity contribution >= 4 is 78.8 Å². The quantitative estimate of drug-likeness (QED) is 0.0915. The summed E-state index contributed by atoms with van der Waals surface area (Å²) in [5.74, 6) is -1.96. The highest BCUT2D eigenvalue weighted by atomic mass is 79.9. The smallest absolute Gasteiger partial charge is 0.333 e. The van der Waals surface area contributed by atoms with Gasteiger partial charge in [0.25, 0.3) is 11.8 Å². The number of aliphatic imine (C=N–C) groups is 1. The van der Waals surface area contributed by atoms with Crippen LogP contribution < -0.4 is 25.4 Å². The number of benzene rings is 1. The lowest BCUT2D eigenvalue weighted by atomic mass is 9.77. The number of nitrogens with one attached hydrogen (secondary N) is 3. The van der Waals surface area contributed by atoms with Crippen LogP contribution in [-0.2, 0) is 80.0 Å². The van der Waals surface area contributed by atoms with E-state index in [1.807, 2.05) is 48.1 Å². The number of amides is 5. The number of carbonyl (C=O) groups excluding carboxylic acids is 6. The van der Waals surface area contributed by atoms with E-state index in [9.17, 15) is 41.7 Å². The van der Waals surface area contributed by atoms with Gasteiger partial charge in [-0.1, -0.05) is 24.6 Å². The molecule has 6 rings (SSSR count). The van der Waals surface area contributed by atoms with E-state index in [1.54, 1.807) is 21.1 Å². The van der Waals surface area contributed by atoms with Crippen molar-refractivity contribution in [1.82, 2.24) is 21.0 Å². The molecule has 426 valence electrons. The van der Waals surface area contributed by atoms with Crippen LogP contribution in [0.3, 0.4) is 0 Å². The summed E-state index contributed by atoms with van der Waals surface area (Å²) in [7, 11) is -1.54. The van der Waals surface area contributed by atoms with Gasteiger partial charge in [0.2, 0.25) is 17.7 Å². The van der Waals surface area contributed by atoms with Crippen molar-refractivity contribution in [3.63, 3.8) is 0 Å². The Hall–Kier alpha value is -5.69. The number of aryl methyl sites for hydroxylation is 1. The number of pyridine rings is 1. The van der Waals surface area contributed by atoms with Crippen LogP contribution in [0.1, 0.15) is 114 Å². The number of imide groups is 1. The van der Waals surface area contributed by atoms with Crippen LogP contribution in [0.4, 0.5) is 11.5 Å². The van der Waals surface area contributed by atoms with Gasteiger partial charge < -0.3 is 49.2 Å². The summed E-state index contributed by atoms with van der Waals surface area (Å²) in [6.45, 7) is 8.93. The molecule has 1 aromatic heterocycles. The lowest BCUT2D eigenvalue weighted by Crippen LogP contribution is -2.47. The molecule has 1 saturated heterocycles. The molecule has 5 heterocycles. The van der Waals surface area contributed by atoms with Crippen molar-refractivity contribution in [2.24, 2.45) is 4.99 Å². The predicted octanol–water partition coefficient (Wildman–Crippen LogP) is 5.02. The third kappa shape index (κ3) is 16.2. The number of halogens is 1. The zero-order chi connectivity index (χ0) is 56.5. The molecular weight excluding hydrogens is 1090 g/mol. The van der Waals surface area contributed by atoms with E-state index >= 15 is 0 Å². The number of rotatable bonds is 15. The number of hydrogen-bond donors (Lipinski definition) is 3. The molecule has 4 aliphatic heterocycles. The number of ether oxygens (including phenoxy) is 4. The van der Waals surface area contributed by atoms with Crippen molar-refractivity contribution in [2.75, 3.05) is 78.4 Å². The normalized spacial score (nSPS) is 23.8. The maximum absolute atomic E-state index is 13.5. The van der Waals surface area contributed by atoms with E-state index in [2.05, 4.69) is 49.8 Å². The molecular formula is C55H74BrN7O14S. The topological polar surface area (TPSA) is 265 Å². The van der Waals surface area contributed by atoms with Crippen molar-refractivity contribution in [3.05, 3.63) is 81.6 Å². The molecule has 0 radical (unpaired) electrons. The highest BCUT2D eigenvalue weighted by molar-refractivity contribution is 9.10. The minimum Gasteiger partial charge on any atom is -0.744 e. The van der Waals surface area contributed by atoms with Crippen LogP contribution >= 0.6 is 15.9 Å². The number of unbranched alkanes of at least 4 members (excludes halogenated alkanes) is 2. The molecule has 1 aromatic carbocycles. The average molecular weight is 1170 g/mol. The highest BCUT2D eigenvalue weighted by Gasteiger charge is 2.47. The summed E-state index contributed by atoms with van der Waals surface area (Å²) in [4.78, 5) is 87.5.